The van der Waals surface area contributed by atoms with Crippen LogP contribution in [0.2, 0.25) is 0 Å². The number of hydrogen-bond donors (Lipinski definition) is 9. The maximum absolute atomic E-state index is 11.7. The predicted molar refractivity (Wildman–Crippen MR) is 187 cm³/mol. The highest BCUT2D eigenvalue weighted by molar-refractivity contribution is 5.28. The standard InChI is InChI=1S/C39H66O13/c1-17(2)7-10-25(41)18(3)29-26(42)15-24-22-9-8-20-13-21(50-37-35(48)33(46)31(44)27(16-40)51-37)14-28(39(20,6)23(22)11-12-38(24,29)5)52-36-34(47)32(45)30(43)19(4)49-36/h8,17-19,21-37,40-48H,7,9-16H2,1-6H3/t18-,19+,21-,22-,23+,24+,25+,26+,27-,28-,29+,30+,31+,32-,33+,34-,35-,36-,37-,38+,39+/m1/s1. The molecule has 13 nitrogen and oxygen atoms in total. The van der Waals surface area contributed by atoms with Gasteiger partial charge in [-0.25, -0.2) is 0 Å². The molecule has 0 aromatic carbocycles. The number of rotatable bonds is 10. The number of hydrogen-bond acceptors (Lipinski definition) is 13. The smallest absolute Gasteiger partial charge is 0.186 e. The Bertz CT molecular complexity index is 1250. The Morgan fingerprint density at radius 3 is 2.13 bits per heavy atom. The first-order valence-corrected chi connectivity index (χ1v) is 19.8. The minimum atomic E-state index is -1.59. The molecule has 2 aliphatic heterocycles. The fraction of sp³-hybridized carbons (Fsp3) is 0.949. The Hall–Kier alpha value is -0.780. The minimum Gasteiger partial charge on any atom is -0.394 e. The third-order valence-electron chi connectivity index (χ3n) is 14.7. The van der Waals surface area contributed by atoms with Crippen LogP contribution in [0.5, 0.6) is 0 Å². The van der Waals surface area contributed by atoms with E-state index in [1.165, 1.54) is 0 Å². The fourth-order valence-electron chi connectivity index (χ4n) is 11.6. The zero-order valence-corrected chi connectivity index (χ0v) is 31.6. The Labute approximate surface area is 307 Å². The molecule has 0 bridgehead atoms. The van der Waals surface area contributed by atoms with Gasteiger partial charge in [0.05, 0.1) is 37.1 Å². The number of ether oxygens (including phenoxy) is 4. The van der Waals surface area contributed by atoms with Crippen LogP contribution < -0.4 is 0 Å². The molecule has 13 heteroatoms. The molecule has 5 fully saturated rings. The summed E-state index contributed by atoms with van der Waals surface area (Å²) in [5.41, 5.74) is 0.339. The molecule has 6 rings (SSSR count). The minimum absolute atomic E-state index is 0.0336. The van der Waals surface area contributed by atoms with E-state index in [-0.39, 0.29) is 41.4 Å². The average Bonchev–Trinajstić information content (AvgIpc) is 3.38. The summed E-state index contributed by atoms with van der Waals surface area (Å²) >= 11 is 0. The Kier molecular flexibility index (Phi) is 12.3. The molecule has 21 atom stereocenters. The topological polar surface area (TPSA) is 219 Å². The van der Waals surface area contributed by atoms with Crippen molar-refractivity contribution in [3.8, 4) is 0 Å². The molecule has 9 N–H and O–H groups in total. The van der Waals surface area contributed by atoms with Crippen molar-refractivity contribution in [2.24, 2.45) is 46.3 Å². The van der Waals surface area contributed by atoms with E-state index >= 15 is 0 Å². The molecule has 0 spiro atoms. The number of fused-ring (bicyclic) bond motifs is 5. The molecule has 3 saturated carbocycles. The second-order valence-electron chi connectivity index (χ2n) is 18.1. The van der Waals surface area contributed by atoms with Crippen LogP contribution in [0.3, 0.4) is 0 Å². The molecule has 0 amide bonds. The largest absolute Gasteiger partial charge is 0.394 e. The monoisotopic (exact) mass is 742 g/mol. The van der Waals surface area contributed by atoms with Gasteiger partial charge < -0.3 is 64.9 Å². The molecule has 0 aromatic rings. The summed E-state index contributed by atoms with van der Waals surface area (Å²) in [5, 5.41) is 96.4. The van der Waals surface area contributed by atoms with Crippen molar-refractivity contribution in [3.63, 3.8) is 0 Å². The lowest BCUT2D eigenvalue weighted by Crippen LogP contribution is -2.62. The number of allylic oxidation sites excluding steroid dienone is 1. The van der Waals surface area contributed by atoms with Crippen molar-refractivity contribution < 1.29 is 64.9 Å². The summed E-state index contributed by atoms with van der Waals surface area (Å²) < 4.78 is 24.7. The second kappa shape index (κ2) is 15.6. The number of aliphatic hydroxyl groups is 9. The van der Waals surface area contributed by atoms with E-state index in [1.54, 1.807) is 6.92 Å². The third kappa shape index (κ3) is 7.07. The lowest BCUT2D eigenvalue weighted by atomic mass is 9.46. The highest BCUT2D eigenvalue weighted by Crippen LogP contribution is 2.68. The summed E-state index contributed by atoms with van der Waals surface area (Å²) in [6.45, 7) is 11.9. The summed E-state index contributed by atoms with van der Waals surface area (Å²) in [6.07, 6.45) is -7.91. The van der Waals surface area contributed by atoms with E-state index in [1.807, 2.05) is 0 Å². The van der Waals surface area contributed by atoms with E-state index < -0.39 is 97.8 Å². The maximum Gasteiger partial charge on any atom is 0.186 e. The van der Waals surface area contributed by atoms with Gasteiger partial charge in [-0.15, -0.1) is 0 Å². The fourth-order valence-corrected chi connectivity index (χ4v) is 11.6. The highest BCUT2D eigenvalue weighted by Gasteiger charge is 2.64. The van der Waals surface area contributed by atoms with Crippen LogP contribution in [0.1, 0.15) is 92.9 Å². The molecule has 0 unspecified atom stereocenters. The van der Waals surface area contributed by atoms with Crippen molar-refractivity contribution in [2.45, 2.75) is 179 Å². The van der Waals surface area contributed by atoms with Gasteiger partial charge in [-0.3, -0.25) is 0 Å². The SMILES string of the molecule is CC(C)CC[C@H](O)[C@@H](C)[C@H]1[C@@H](O)C[C@H]2[C@@H]3CC=C4C[C@@H](O[C@@H]5O[C@H](CO)[C@H](O)[C@H](O)[C@H]5O)C[C@@H](O[C@H]5O[C@@H](C)[C@H](O)[C@@H](O)[C@H]5O)[C@]4(C)[C@H]3CC[C@]12C. The van der Waals surface area contributed by atoms with Crippen LogP contribution in [-0.4, -0.2) is 138 Å². The average molecular weight is 743 g/mol. The van der Waals surface area contributed by atoms with Crippen LogP contribution in [0.15, 0.2) is 11.6 Å². The molecule has 6 aliphatic rings. The predicted octanol–water partition coefficient (Wildman–Crippen LogP) is 0.977. The van der Waals surface area contributed by atoms with Gasteiger partial charge in [0, 0.05) is 11.8 Å². The molecule has 52 heavy (non-hydrogen) atoms. The van der Waals surface area contributed by atoms with Crippen molar-refractivity contribution in [1.82, 2.24) is 0 Å². The van der Waals surface area contributed by atoms with Crippen molar-refractivity contribution in [1.29, 1.82) is 0 Å². The third-order valence-corrected chi connectivity index (χ3v) is 14.7. The molecule has 2 heterocycles. The summed E-state index contributed by atoms with van der Waals surface area (Å²) in [6, 6.07) is 0. The quantitative estimate of drug-likeness (QED) is 0.143. The Morgan fingerprint density at radius 2 is 1.48 bits per heavy atom. The molecule has 4 aliphatic carbocycles. The van der Waals surface area contributed by atoms with Crippen molar-refractivity contribution in [3.05, 3.63) is 11.6 Å². The molecule has 0 aromatic heterocycles. The molecular formula is C39H66O13. The Balaban J connectivity index is 1.29. The summed E-state index contributed by atoms with van der Waals surface area (Å²) in [4.78, 5) is 0. The molecular weight excluding hydrogens is 676 g/mol. The van der Waals surface area contributed by atoms with Crippen LogP contribution in [0.4, 0.5) is 0 Å². The summed E-state index contributed by atoms with van der Waals surface area (Å²) in [5.74, 6) is 0.953. The lowest BCUT2D eigenvalue weighted by Gasteiger charge is -2.61. The lowest BCUT2D eigenvalue weighted by molar-refractivity contribution is -0.331. The first-order chi connectivity index (χ1) is 24.4. The van der Waals surface area contributed by atoms with E-state index in [0.717, 1.165) is 31.3 Å². The van der Waals surface area contributed by atoms with Gasteiger partial charge >= 0.3 is 0 Å². The molecule has 300 valence electrons. The van der Waals surface area contributed by atoms with E-state index in [2.05, 4.69) is 40.7 Å². The van der Waals surface area contributed by atoms with E-state index in [0.29, 0.717) is 25.2 Å². The van der Waals surface area contributed by atoms with E-state index in [9.17, 15) is 46.0 Å². The van der Waals surface area contributed by atoms with Crippen LogP contribution in [-0.2, 0) is 18.9 Å². The van der Waals surface area contributed by atoms with Gasteiger partial charge in [0.15, 0.2) is 12.6 Å². The van der Waals surface area contributed by atoms with E-state index in [4.69, 9.17) is 18.9 Å². The summed E-state index contributed by atoms with van der Waals surface area (Å²) in [7, 11) is 0. The number of aliphatic hydroxyl groups excluding tert-OH is 9. The van der Waals surface area contributed by atoms with Crippen LogP contribution >= 0.6 is 0 Å². The van der Waals surface area contributed by atoms with Gasteiger partial charge in [-0.1, -0.05) is 46.3 Å². The van der Waals surface area contributed by atoms with Gasteiger partial charge in [0.1, 0.15) is 42.7 Å². The first kappa shape index (κ1) is 40.9. The highest BCUT2D eigenvalue weighted by atomic mass is 16.7. The molecule has 0 radical (unpaired) electrons. The van der Waals surface area contributed by atoms with Crippen LogP contribution in [0.25, 0.3) is 0 Å². The van der Waals surface area contributed by atoms with Crippen molar-refractivity contribution >= 4 is 0 Å². The zero-order chi connectivity index (χ0) is 38.0. The van der Waals surface area contributed by atoms with Crippen LogP contribution in [0, 0.1) is 46.3 Å². The normalized spacial score (nSPS) is 52.0. The first-order valence-electron chi connectivity index (χ1n) is 19.8. The van der Waals surface area contributed by atoms with Gasteiger partial charge in [-0.05, 0) is 92.8 Å². The zero-order valence-electron chi connectivity index (χ0n) is 31.6. The van der Waals surface area contributed by atoms with Gasteiger partial charge in [-0.2, -0.15) is 0 Å². The Morgan fingerprint density at radius 1 is 0.827 bits per heavy atom. The van der Waals surface area contributed by atoms with Crippen molar-refractivity contribution in [2.75, 3.05) is 6.61 Å². The van der Waals surface area contributed by atoms with Gasteiger partial charge in [0.25, 0.3) is 0 Å². The van der Waals surface area contributed by atoms with Gasteiger partial charge in [0.2, 0.25) is 0 Å². The molecule has 2 saturated heterocycles. The second-order valence-corrected chi connectivity index (χ2v) is 18.1. The maximum atomic E-state index is 11.7.